The fourth-order valence-corrected chi connectivity index (χ4v) is 8.73. The summed E-state index contributed by atoms with van der Waals surface area (Å²) in [6.45, 7) is 11.7. The van der Waals surface area contributed by atoms with Crippen LogP contribution in [-0.4, -0.2) is 19.9 Å². The highest BCUT2D eigenvalue weighted by Gasteiger charge is 2.33. The quantitative estimate of drug-likeness (QED) is 0.0445. The van der Waals surface area contributed by atoms with Crippen molar-refractivity contribution in [2.75, 3.05) is 22.9 Å². The first-order chi connectivity index (χ1) is 32.8. The molecule has 0 spiro atoms. The first-order valence-electron chi connectivity index (χ1n) is 21.4. The molecule has 0 radical (unpaired) electrons. The van der Waals surface area contributed by atoms with Gasteiger partial charge in [0.1, 0.15) is 0 Å². The largest absolute Gasteiger partial charge is 0.398 e. The number of fused-ring (bicyclic) bond motifs is 8. The Labute approximate surface area is 392 Å². The average Bonchev–Trinajstić information content (AvgIpc) is 4.14. The fraction of sp³-hybridized carbons (Fsp3) is 0.154. The minimum atomic E-state index is -2.47. The van der Waals surface area contributed by atoms with Crippen molar-refractivity contribution in [3.8, 4) is 44.5 Å². The van der Waals surface area contributed by atoms with Crippen LogP contribution in [0.15, 0.2) is 48.5 Å². The van der Waals surface area contributed by atoms with Crippen LogP contribution in [0.4, 0.5) is 66.7 Å². The van der Waals surface area contributed by atoms with E-state index in [9.17, 15) is 8.78 Å². The minimum absolute atomic E-state index is 0.0905. The Bertz CT molecular complexity index is 3350. The number of aromatic amines is 2. The lowest BCUT2D eigenvalue weighted by Crippen LogP contribution is -2.13. The van der Waals surface area contributed by atoms with Crippen LogP contribution in [0, 0.1) is 58.2 Å². The molecule has 0 atom stereocenters. The predicted molar refractivity (Wildman–Crippen MR) is 255 cm³/mol. The van der Waals surface area contributed by atoms with Gasteiger partial charge >= 0.3 is 0 Å². The number of hydrogen-bond acceptors (Lipinski definition) is 6. The number of nitrogens with one attached hydrogen (secondary N) is 2. The third-order valence-electron chi connectivity index (χ3n) is 12.3. The Morgan fingerprint density at radius 2 is 0.543 bits per heavy atom. The third kappa shape index (κ3) is 7.39. The maximum absolute atomic E-state index is 16.1. The second kappa shape index (κ2) is 16.3. The highest BCUT2D eigenvalue weighted by Crippen LogP contribution is 2.46. The highest BCUT2D eigenvalue weighted by molar-refractivity contribution is 6.05. The molecule has 0 amide bonds. The molecule has 0 saturated carbocycles. The summed E-state index contributed by atoms with van der Waals surface area (Å²) < 4.78 is 154. The number of H-pyrrole nitrogens is 2. The van der Waals surface area contributed by atoms with E-state index in [2.05, 4.69) is 15.0 Å². The van der Waals surface area contributed by atoms with Crippen LogP contribution in [0.1, 0.15) is 75.4 Å². The summed E-state index contributed by atoms with van der Waals surface area (Å²) in [6.07, 6.45) is 5.16. The number of halogens is 10. The van der Waals surface area contributed by atoms with Crippen LogP contribution in [0.2, 0.25) is 0 Å². The van der Waals surface area contributed by atoms with E-state index >= 15 is 35.1 Å². The van der Waals surface area contributed by atoms with Gasteiger partial charge in [-0.15, -0.1) is 0 Å². The number of nitrogen functional groups attached to an aromatic ring is 4. The second-order valence-electron chi connectivity index (χ2n) is 19.0. The molecule has 2 aliphatic heterocycles. The molecule has 4 aromatic carbocycles. The van der Waals surface area contributed by atoms with Gasteiger partial charge in [-0.1, -0.05) is 41.5 Å². The summed E-state index contributed by atoms with van der Waals surface area (Å²) in [6, 6.07) is 12.1. The molecule has 358 valence electrons. The fourth-order valence-electron chi connectivity index (χ4n) is 8.73. The summed E-state index contributed by atoms with van der Waals surface area (Å²) in [7, 11) is 0. The lowest BCUT2D eigenvalue weighted by molar-refractivity contribution is 0.381. The van der Waals surface area contributed by atoms with Gasteiger partial charge in [-0.2, -0.15) is 0 Å². The summed E-state index contributed by atoms with van der Waals surface area (Å²) in [5, 5.41) is 0. The van der Waals surface area contributed by atoms with Crippen molar-refractivity contribution >= 4 is 69.1 Å². The topological polar surface area (TPSA) is 161 Å². The Morgan fingerprint density at radius 3 is 0.771 bits per heavy atom. The lowest BCUT2D eigenvalue weighted by atomic mass is 9.84. The van der Waals surface area contributed by atoms with Crippen molar-refractivity contribution in [3.05, 3.63) is 141 Å². The van der Waals surface area contributed by atoms with Crippen molar-refractivity contribution in [1.29, 1.82) is 0 Å². The molecule has 9 rings (SSSR count). The molecule has 2 aliphatic rings. The standard InChI is InChI=1S/C52H40F10N8/c1-51(2,3)19-15-21(63)33(22(64)16-19)35-25-7-8-26(67-25)36(34-23(65)17-20(18-24(34)66)52(4,5)6)28-10-12-30(69-28)38(40-43(55)47(59)50(62)48(60)44(40)56)32-14-13-31(70-32)37(29-11-9-27(35)68-29)39-41(53)45(57)49(61)46(58)42(39)54/h7-18,68-69H,63-66H2,1-6H3. The summed E-state index contributed by atoms with van der Waals surface area (Å²) >= 11 is 0. The molecule has 5 heterocycles. The number of nitrogens with two attached hydrogens (primary N) is 4. The van der Waals surface area contributed by atoms with Crippen molar-refractivity contribution < 1.29 is 43.9 Å². The summed E-state index contributed by atoms with van der Waals surface area (Å²) in [5.74, 6) is -23.3. The van der Waals surface area contributed by atoms with Gasteiger partial charge in [0.25, 0.3) is 0 Å². The van der Waals surface area contributed by atoms with E-state index in [4.69, 9.17) is 27.9 Å². The molecule has 70 heavy (non-hydrogen) atoms. The van der Waals surface area contributed by atoms with E-state index in [1.807, 2.05) is 41.5 Å². The van der Waals surface area contributed by atoms with Gasteiger partial charge in [0.05, 0.1) is 33.9 Å². The smallest absolute Gasteiger partial charge is 0.200 e. The van der Waals surface area contributed by atoms with Gasteiger partial charge in [-0.05, 0) is 94.8 Å². The predicted octanol–water partition coefficient (Wildman–Crippen LogP) is 13.6. The van der Waals surface area contributed by atoms with Crippen molar-refractivity contribution in [3.63, 3.8) is 0 Å². The van der Waals surface area contributed by atoms with Gasteiger partial charge in [0, 0.05) is 78.2 Å². The lowest BCUT2D eigenvalue weighted by Gasteiger charge is -2.22. The molecule has 0 fully saturated rings. The molecular weight excluding hydrogens is 927 g/mol. The van der Waals surface area contributed by atoms with E-state index < -0.39 is 103 Å². The zero-order chi connectivity index (χ0) is 50.8. The molecular formula is C52H40F10N8. The Balaban J connectivity index is 1.56. The van der Waals surface area contributed by atoms with E-state index in [0.29, 0.717) is 0 Å². The minimum Gasteiger partial charge on any atom is -0.398 e. The SMILES string of the molecule is CC(C)(C)c1cc(N)c(-c2c3nc(c(-c4c(N)cc(C(C)(C)C)cc4N)c4ccc([nH]4)c(-c4c(F)c(F)c(F)c(F)c4F)c4nc(c(-c5c(F)c(F)c(F)c(F)c5F)c5ccc2[nH]5)C=C4)C=C3)c(N)c1. The molecule has 8 nitrogen and oxygen atoms in total. The third-order valence-corrected chi connectivity index (χ3v) is 12.3. The Kier molecular flexibility index (Phi) is 11.0. The second-order valence-corrected chi connectivity index (χ2v) is 19.0. The van der Waals surface area contributed by atoms with Gasteiger partial charge in [0.2, 0.25) is 11.6 Å². The van der Waals surface area contributed by atoms with Gasteiger partial charge in [0.15, 0.2) is 46.5 Å². The molecule has 10 N–H and O–H groups in total. The van der Waals surface area contributed by atoms with Crippen molar-refractivity contribution in [1.82, 2.24) is 19.9 Å². The molecule has 3 aromatic heterocycles. The number of aromatic nitrogens is 4. The number of nitrogens with zero attached hydrogens (tertiary/aromatic N) is 2. The van der Waals surface area contributed by atoms with Crippen LogP contribution in [0.5, 0.6) is 0 Å². The molecule has 18 heteroatoms. The van der Waals surface area contributed by atoms with E-state index in [1.54, 1.807) is 36.4 Å². The maximum Gasteiger partial charge on any atom is 0.200 e. The van der Waals surface area contributed by atoms with Gasteiger partial charge < -0.3 is 32.9 Å². The van der Waals surface area contributed by atoms with E-state index in [1.165, 1.54) is 24.3 Å². The number of rotatable bonds is 4. The summed E-state index contributed by atoms with van der Waals surface area (Å²) in [5.41, 5.74) is 23.6. The monoisotopic (exact) mass is 966 g/mol. The van der Waals surface area contributed by atoms with Crippen LogP contribution >= 0.6 is 0 Å². The van der Waals surface area contributed by atoms with Crippen LogP contribution in [0.25, 0.3) is 90.9 Å². The first kappa shape index (κ1) is 47.1. The summed E-state index contributed by atoms with van der Waals surface area (Å²) in [4.78, 5) is 15.4. The molecule has 0 unspecified atom stereocenters. The number of benzene rings is 4. The normalized spacial score (nSPS) is 12.7. The Hall–Kier alpha value is -8.02. The molecule has 0 saturated heterocycles. The van der Waals surface area contributed by atoms with Crippen LogP contribution in [0.3, 0.4) is 0 Å². The zero-order valence-corrected chi connectivity index (χ0v) is 37.9. The van der Waals surface area contributed by atoms with E-state index in [0.717, 1.165) is 23.3 Å². The maximum atomic E-state index is 16.1. The van der Waals surface area contributed by atoms with Gasteiger partial charge in [-0.25, -0.2) is 53.9 Å². The highest BCUT2D eigenvalue weighted by atomic mass is 19.2. The van der Waals surface area contributed by atoms with E-state index in [-0.39, 0.29) is 78.5 Å². The zero-order valence-electron chi connectivity index (χ0n) is 37.9. The molecule has 0 aliphatic carbocycles. The molecule has 8 bridgehead atoms. The number of anilines is 4. The van der Waals surface area contributed by atoms with Gasteiger partial charge in [-0.3, -0.25) is 0 Å². The van der Waals surface area contributed by atoms with Crippen LogP contribution in [-0.2, 0) is 10.8 Å². The first-order valence-corrected chi connectivity index (χ1v) is 21.4. The number of hydrogen-bond donors (Lipinski definition) is 6. The van der Waals surface area contributed by atoms with Crippen molar-refractivity contribution in [2.45, 2.75) is 52.4 Å². The molecule has 7 aromatic rings. The average molecular weight is 967 g/mol. The van der Waals surface area contributed by atoms with Crippen LogP contribution < -0.4 is 22.9 Å². The Morgan fingerprint density at radius 1 is 0.329 bits per heavy atom. The van der Waals surface area contributed by atoms with Crippen molar-refractivity contribution in [2.24, 2.45) is 0 Å².